The van der Waals surface area contributed by atoms with Crippen LogP contribution in [0.3, 0.4) is 0 Å². The molecule has 0 aliphatic heterocycles. The van der Waals surface area contributed by atoms with Crippen LogP contribution < -0.4 is 5.32 Å². The van der Waals surface area contributed by atoms with Crippen LogP contribution >= 0.6 is 27.5 Å². The molecule has 0 atom stereocenters. The first kappa shape index (κ1) is 18.9. The SMILES string of the molecule is CN(C)S(=O)(=O)c1cc(C(=O)NCc2cccc(Cl)c2)ccc1Br. The normalized spacial score (nSPS) is 11.5. The monoisotopic (exact) mass is 430 g/mol. The smallest absolute Gasteiger partial charge is 0.251 e. The zero-order valence-electron chi connectivity index (χ0n) is 13.1. The Hall–Kier alpha value is -1.41. The van der Waals surface area contributed by atoms with Crippen LogP contribution in [-0.2, 0) is 16.6 Å². The van der Waals surface area contributed by atoms with Crippen LogP contribution in [0, 0.1) is 0 Å². The highest BCUT2D eigenvalue weighted by molar-refractivity contribution is 9.10. The van der Waals surface area contributed by atoms with Gasteiger partial charge in [-0.1, -0.05) is 23.7 Å². The highest BCUT2D eigenvalue weighted by atomic mass is 79.9. The second-order valence-electron chi connectivity index (χ2n) is 5.25. The van der Waals surface area contributed by atoms with Gasteiger partial charge in [0.15, 0.2) is 0 Å². The molecule has 0 aliphatic carbocycles. The van der Waals surface area contributed by atoms with Gasteiger partial charge in [0.05, 0.1) is 4.90 Å². The van der Waals surface area contributed by atoms with Gasteiger partial charge in [0, 0.05) is 35.7 Å². The summed E-state index contributed by atoms with van der Waals surface area (Å²) < 4.78 is 26.1. The van der Waals surface area contributed by atoms with E-state index in [1.165, 1.54) is 20.2 Å². The minimum Gasteiger partial charge on any atom is -0.348 e. The molecule has 0 fully saturated rings. The number of carbonyl (C=O) groups excluding carboxylic acids is 1. The summed E-state index contributed by atoms with van der Waals surface area (Å²) in [5, 5.41) is 3.34. The van der Waals surface area contributed by atoms with E-state index >= 15 is 0 Å². The molecule has 1 amide bonds. The van der Waals surface area contributed by atoms with Gasteiger partial charge in [-0.15, -0.1) is 0 Å². The standard InChI is InChI=1S/C16H16BrClN2O3S/c1-20(2)24(22,23)15-9-12(6-7-14(15)17)16(21)19-10-11-4-3-5-13(18)8-11/h3-9H,10H2,1-2H3,(H,19,21). The van der Waals surface area contributed by atoms with Gasteiger partial charge in [-0.3, -0.25) is 4.79 Å². The van der Waals surface area contributed by atoms with E-state index in [0.717, 1.165) is 9.87 Å². The summed E-state index contributed by atoms with van der Waals surface area (Å²) in [5.74, 6) is -0.363. The highest BCUT2D eigenvalue weighted by Crippen LogP contribution is 2.25. The number of rotatable bonds is 5. The van der Waals surface area contributed by atoms with Crippen molar-refractivity contribution in [2.75, 3.05) is 14.1 Å². The first-order valence-electron chi connectivity index (χ1n) is 6.96. The Labute approximate surface area is 154 Å². The van der Waals surface area contributed by atoms with Crippen molar-refractivity contribution in [2.45, 2.75) is 11.4 Å². The van der Waals surface area contributed by atoms with Gasteiger partial charge in [0.2, 0.25) is 10.0 Å². The third-order valence-electron chi connectivity index (χ3n) is 3.29. The van der Waals surface area contributed by atoms with Gasteiger partial charge in [0.25, 0.3) is 5.91 Å². The molecule has 0 bridgehead atoms. The van der Waals surface area contributed by atoms with Crippen molar-refractivity contribution in [1.82, 2.24) is 9.62 Å². The van der Waals surface area contributed by atoms with Crippen LogP contribution in [0.4, 0.5) is 0 Å². The molecule has 2 aromatic carbocycles. The molecular weight excluding hydrogens is 416 g/mol. The Kier molecular flexibility index (Phi) is 6.03. The van der Waals surface area contributed by atoms with Crippen LogP contribution in [-0.4, -0.2) is 32.7 Å². The second kappa shape index (κ2) is 7.65. The first-order valence-corrected chi connectivity index (χ1v) is 9.57. The number of carbonyl (C=O) groups is 1. The highest BCUT2D eigenvalue weighted by Gasteiger charge is 2.22. The number of sulfonamides is 1. The van der Waals surface area contributed by atoms with Crippen molar-refractivity contribution in [2.24, 2.45) is 0 Å². The fraction of sp³-hybridized carbons (Fsp3) is 0.188. The van der Waals surface area contributed by atoms with Crippen molar-refractivity contribution in [1.29, 1.82) is 0 Å². The summed E-state index contributed by atoms with van der Waals surface area (Å²) in [6, 6.07) is 11.6. The van der Waals surface area contributed by atoms with E-state index in [2.05, 4.69) is 21.2 Å². The third kappa shape index (κ3) is 4.36. The lowest BCUT2D eigenvalue weighted by Gasteiger charge is -2.14. The van der Waals surface area contributed by atoms with Crippen molar-refractivity contribution in [3.05, 3.63) is 63.1 Å². The Balaban J connectivity index is 2.21. The van der Waals surface area contributed by atoms with E-state index < -0.39 is 10.0 Å². The maximum atomic E-state index is 12.3. The molecule has 1 N–H and O–H groups in total. The fourth-order valence-corrected chi connectivity index (χ4v) is 4.03. The van der Waals surface area contributed by atoms with E-state index in [1.54, 1.807) is 30.3 Å². The molecule has 0 unspecified atom stereocenters. The summed E-state index contributed by atoms with van der Waals surface area (Å²) in [7, 11) is -0.771. The largest absolute Gasteiger partial charge is 0.348 e. The van der Waals surface area contributed by atoms with Gasteiger partial charge >= 0.3 is 0 Å². The topological polar surface area (TPSA) is 66.5 Å². The molecule has 0 saturated heterocycles. The summed E-state index contributed by atoms with van der Waals surface area (Å²) in [4.78, 5) is 12.3. The molecule has 0 heterocycles. The van der Waals surface area contributed by atoms with E-state index in [4.69, 9.17) is 11.6 Å². The van der Waals surface area contributed by atoms with Gasteiger partial charge in [-0.2, -0.15) is 0 Å². The lowest BCUT2D eigenvalue weighted by atomic mass is 10.2. The summed E-state index contributed by atoms with van der Waals surface area (Å²) in [5.41, 5.74) is 1.12. The van der Waals surface area contributed by atoms with Gasteiger partial charge < -0.3 is 5.32 Å². The van der Waals surface area contributed by atoms with Crippen LogP contribution in [0.2, 0.25) is 5.02 Å². The van der Waals surface area contributed by atoms with Gasteiger partial charge in [-0.25, -0.2) is 12.7 Å². The van der Waals surface area contributed by atoms with Crippen molar-refractivity contribution in [3.63, 3.8) is 0 Å². The van der Waals surface area contributed by atoms with Crippen LogP contribution in [0.1, 0.15) is 15.9 Å². The van der Waals surface area contributed by atoms with Gasteiger partial charge in [-0.05, 0) is 51.8 Å². The molecule has 128 valence electrons. The predicted octanol–water partition coefficient (Wildman–Crippen LogP) is 3.28. The predicted molar refractivity (Wildman–Crippen MR) is 97.6 cm³/mol. The molecule has 24 heavy (non-hydrogen) atoms. The lowest BCUT2D eigenvalue weighted by Crippen LogP contribution is -2.25. The van der Waals surface area contributed by atoms with E-state index in [-0.39, 0.29) is 16.4 Å². The molecule has 0 saturated carbocycles. The number of halogens is 2. The molecule has 0 spiro atoms. The number of hydrogen-bond donors (Lipinski definition) is 1. The van der Waals surface area contributed by atoms with E-state index in [9.17, 15) is 13.2 Å². The molecule has 2 aromatic rings. The van der Waals surface area contributed by atoms with Crippen molar-refractivity contribution < 1.29 is 13.2 Å². The molecule has 0 aromatic heterocycles. The summed E-state index contributed by atoms with van der Waals surface area (Å²) >= 11 is 9.12. The summed E-state index contributed by atoms with van der Waals surface area (Å²) in [6.07, 6.45) is 0. The molecule has 0 radical (unpaired) electrons. The van der Waals surface area contributed by atoms with E-state index in [0.29, 0.717) is 16.0 Å². The zero-order valence-corrected chi connectivity index (χ0v) is 16.2. The Morgan fingerprint density at radius 1 is 1.21 bits per heavy atom. The molecule has 2 rings (SSSR count). The number of nitrogens with one attached hydrogen (secondary N) is 1. The number of amides is 1. The Morgan fingerprint density at radius 3 is 2.54 bits per heavy atom. The van der Waals surface area contributed by atoms with E-state index in [1.807, 2.05) is 6.07 Å². The molecule has 5 nitrogen and oxygen atoms in total. The second-order valence-corrected chi connectivity index (χ2v) is 8.66. The quantitative estimate of drug-likeness (QED) is 0.790. The Bertz CT molecular complexity index is 869. The Morgan fingerprint density at radius 2 is 1.92 bits per heavy atom. The average Bonchev–Trinajstić information content (AvgIpc) is 2.52. The van der Waals surface area contributed by atoms with Crippen LogP contribution in [0.5, 0.6) is 0 Å². The lowest BCUT2D eigenvalue weighted by molar-refractivity contribution is 0.0950. The van der Waals surface area contributed by atoms with Crippen LogP contribution in [0.25, 0.3) is 0 Å². The number of hydrogen-bond acceptors (Lipinski definition) is 3. The fourth-order valence-electron chi connectivity index (χ4n) is 1.97. The minimum atomic E-state index is -3.65. The zero-order chi connectivity index (χ0) is 17.9. The minimum absolute atomic E-state index is 0.0444. The number of benzene rings is 2. The molecular formula is C16H16BrClN2O3S. The maximum absolute atomic E-state index is 12.3. The molecule has 0 aliphatic rings. The summed E-state index contributed by atoms with van der Waals surface area (Å²) in [6.45, 7) is 0.297. The van der Waals surface area contributed by atoms with Crippen molar-refractivity contribution >= 4 is 43.5 Å². The molecule has 8 heteroatoms. The maximum Gasteiger partial charge on any atom is 0.251 e. The third-order valence-corrected chi connectivity index (χ3v) is 6.34. The van der Waals surface area contributed by atoms with Crippen LogP contribution in [0.15, 0.2) is 51.8 Å². The first-order chi connectivity index (χ1) is 11.2. The average molecular weight is 432 g/mol. The number of nitrogens with zero attached hydrogens (tertiary/aromatic N) is 1. The van der Waals surface area contributed by atoms with Gasteiger partial charge in [0.1, 0.15) is 0 Å². The van der Waals surface area contributed by atoms with Crippen molar-refractivity contribution in [3.8, 4) is 0 Å².